The summed E-state index contributed by atoms with van der Waals surface area (Å²) in [4.78, 5) is 14.3. The maximum Gasteiger partial charge on any atom is 0.222 e. The highest BCUT2D eigenvalue weighted by Crippen LogP contribution is 2.27. The topological polar surface area (TPSA) is 32.3 Å². The molecule has 2 rings (SSSR count). The van der Waals surface area contributed by atoms with Crippen molar-refractivity contribution in [3.63, 3.8) is 0 Å². The van der Waals surface area contributed by atoms with Gasteiger partial charge in [0.15, 0.2) is 0 Å². The van der Waals surface area contributed by atoms with Crippen molar-refractivity contribution in [3.05, 3.63) is 0 Å². The van der Waals surface area contributed by atoms with Gasteiger partial charge in [-0.15, -0.1) is 12.4 Å². The fourth-order valence-electron chi connectivity index (χ4n) is 3.49. The Morgan fingerprint density at radius 2 is 1.79 bits per heavy atom. The van der Waals surface area contributed by atoms with Crippen LogP contribution in [0.3, 0.4) is 0 Å². The summed E-state index contributed by atoms with van der Waals surface area (Å²) in [5.74, 6) is 1.66. The molecule has 1 atom stereocenters. The third kappa shape index (κ3) is 4.64. The first kappa shape index (κ1) is 16.8. The average Bonchev–Trinajstić information content (AvgIpc) is 2.92. The Labute approximate surface area is 123 Å². The van der Waals surface area contributed by atoms with E-state index in [1.54, 1.807) is 0 Å². The Morgan fingerprint density at radius 3 is 2.37 bits per heavy atom. The van der Waals surface area contributed by atoms with Crippen LogP contribution in [0, 0.1) is 11.8 Å². The third-order valence-corrected chi connectivity index (χ3v) is 4.95. The van der Waals surface area contributed by atoms with Gasteiger partial charge in [-0.2, -0.15) is 0 Å². The molecule has 1 saturated heterocycles. The van der Waals surface area contributed by atoms with Crippen LogP contribution in [-0.2, 0) is 4.79 Å². The number of carbonyl (C=O) groups excluding carboxylic acids is 1. The van der Waals surface area contributed by atoms with E-state index in [2.05, 4.69) is 12.2 Å². The highest BCUT2D eigenvalue weighted by Gasteiger charge is 2.27. The SMILES string of the molecule is CC(CC(=O)N(C)C1CCCC1)C1CCNCC1.Cl. The maximum absolute atomic E-state index is 12.3. The maximum atomic E-state index is 12.3. The molecule has 19 heavy (non-hydrogen) atoms. The number of piperidine rings is 1. The van der Waals surface area contributed by atoms with E-state index in [1.165, 1.54) is 38.5 Å². The molecule has 1 saturated carbocycles. The van der Waals surface area contributed by atoms with Crippen LogP contribution in [0.2, 0.25) is 0 Å². The molecule has 1 heterocycles. The third-order valence-electron chi connectivity index (χ3n) is 4.95. The first-order chi connectivity index (χ1) is 8.68. The van der Waals surface area contributed by atoms with Gasteiger partial charge in [0, 0.05) is 19.5 Å². The lowest BCUT2D eigenvalue weighted by atomic mass is 9.84. The van der Waals surface area contributed by atoms with E-state index in [1.807, 2.05) is 11.9 Å². The Bertz CT molecular complexity index is 273. The molecule has 1 unspecified atom stereocenters. The molecule has 0 aromatic heterocycles. The zero-order valence-electron chi connectivity index (χ0n) is 12.4. The molecule has 4 heteroatoms. The van der Waals surface area contributed by atoms with Gasteiger partial charge in [0.2, 0.25) is 5.91 Å². The number of rotatable bonds is 4. The summed E-state index contributed by atoms with van der Waals surface area (Å²) in [7, 11) is 2.01. The molecule has 0 radical (unpaired) electrons. The van der Waals surface area contributed by atoms with E-state index < -0.39 is 0 Å². The standard InChI is InChI=1S/C15H28N2O.ClH/c1-12(13-7-9-16-10-8-13)11-15(18)17(2)14-5-3-4-6-14;/h12-14,16H,3-11H2,1-2H3;1H. The molecule has 0 spiro atoms. The smallest absolute Gasteiger partial charge is 0.222 e. The number of hydrogen-bond acceptors (Lipinski definition) is 2. The van der Waals surface area contributed by atoms with E-state index in [0.717, 1.165) is 25.4 Å². The normalized spacial score (nSPS) is 22.8. The molecule has 0 aromatic rings. The highest BCUT2D eigenvalue weighted by atomic mass is 35.5. The molecule has 1 N–H and O–H groups in total. The van der Waals surface area contributed by atoms with E-state index >= 15 is 0 Å². The summed E-state index contributed by atoms with van der Waals surface area (Å²) < 4.78 is 0. The van der Waals surface area contributed by atoms with Crippen molar-refractivity contribution in [2.45, 2.75) is 57.9 Å². The van der Waals surface area contributed by atoms with Crippen LogP contribution in [0.15, 0.2) is 0 Å². The van der Waals surface area contributed by atoms with Gasteiger partial charge >= 0.3 is 0 Å². The molecule has 1 aliphatic heterocycles. The van der Waals surface area contributed by atoms with E-state index in [4.69, 9.17) is 0 Å². The second kappa shape index (κ2) is 8.11. The summed E-state index contributed by atoms with van der Waals surface area (Å²) in [6.07, 6.45) is 8.24. The summed E-state index contributed by atoms with van der Waals surface area (Å²) >= 11 is 0. The van der Waals surface area contributed by atoms with Crippen molar-refractivity contribution in [2.24, 2.45) is 11.8 Å². The lowest BCUT2D eigenvalue weighted by Gasteiger charge is -2.30. The predicted octanol–water partition coefficient (Wildman–Crippen LogP) is 2.84. The van der Waals surface area contributed by atoms with Crippen molar-refractivity contribution in [1.82, 2.24) is 10.2 Å². The Kier molecular flexibility index (Phi) is 7.16. The molecule has 0 aromatic carbocycles. The molecule has 0 bridgehead atoms. The second-order valence-corrected chi connectivity index (χ2v) is 6.21. The van der Waals surface area contributed by atoms with Crippen LogP contribution >= 0.6 is 12.4 Å². The summed E-state index contributed by atoms with van der Waals surface area (Å²) in [5.41, 5.74) is 0. The van der Waals surface area contributed by atoms with Gasteiger partial charge in [0.1, 0.15) is 0 Å². The first-order valence-corrected chi connectivity index (χ1v) is 7.65. The minimum Gasteiger partial charge on any atom is -0.343 e. The van der Waals surface area contributed by atoms with Crippen LogP contribution in [-0.4, -0.2) is 37.0 Å². The molecule has 1 amide bonds. The fraction of sp³-hybridized carbons (Fsp3) is 0.933. The number of carbonyl (C=O) groups is 1. The molecule has 2 aliphatic rings. The van der Waals surface area contributed by atoms with Gasteiger partial charge in [-0.3, -0.25) is 4.79 Å². The fourth-order valence-corrected chi connectivity index (χ4v) is 3.49. The Balaban J connectivity index is 0.00000180. The molecular weight excluding hydrogens is 260 g/mol. The Morgan fingerprint density at radius 1 is 1.21 bits per heavy atom. The number of nitrogens with zero attached hydrogens (tertiary/aromatic N) is 1. The monoisotopic (exact) mass is 288 g/mol. The minimum atomic E-state index is 0. The summed E-state index contributed by atoms with van der Waals surface area (Å²) in [6.45, 7) is 4.51. The minimum absolute atomic E-state index is 0. The molecule has 2 fully saturated rings. The van der Waals surface area contributed by atoms with Crippen molar-refractivity contribution in [1.29, 1.82) is 0 Å². The van der Waals surface area contributed by atoms with Crippen LogP contribution in [0.4, 0.5) is 0 Å². The predicted molar refractivity (Wildman–Crippen MR) is 81.6 cm³/mol. The van der Waals surface area contributed by atoms with E-state index in [9.17, 15) is 4.79 Å². The quantitative estimate of drug-likeness (QED) is 0.863. The molecule has 1 aliphatic carbocycles. The lowest BCUT2D eigenvalue weighted by molar-refractivity contribution is -0.133. The van der Waals surface area contributed by atoms with Crippen molar-refractivity contribution >= 4 is 18.3 Å². The van der Waals surface area contributed by atoms with Gasteiger partial charge in [0.25, 0.3) is 0 Å². The molecular formula is C15H29ClN2O. The molecule has 112 valence electrons. The zero-order chi connectivity index (χ0) is 13.0. The van der Waals surface area contributed by atoms with Crippen molar-refractivity contribution < 1.29 is 4.79 Å². The highest BCUT2D eigenvalue weighted by molar-refractivity contribution is 5.85. The van der Waals surface area contributed by atoms with E-state index in [0.29, 0.717) is 17.9 Å². The van der Waals surface area contributed by atoms with Gasteiger partial charge in [0.05, 0.1) is 0 Å². The van der Waals surface area contributed by atoms with Crippen molar-refractivity contribution in [3.8, 4) is 0 Å². The largest absolute Gasteiger partial charge is 0.343 e. The number of halogens is 1. The zero-order valence-corrected chi connectivity index (χ0v) is 13.2. The van der Waals surface area contributed by atoms with Gasteiger partial charge in [-0.05, 0) is 50.6 Å². The Hall–Kier alpha value is -0.280. The molecule has 3 nitrogen and oxygen atoms in total. The number of nitrogens with one attached hydrogen (secondary N) is 1. The van der Waals surface area contributed by atoms with Crippen LogP contribution in [0.25, 0.3) is 0 Å². The van der Waals surface area contributed by atoms with Gasteiger partial charge in [-0.1, -0.05) is 19.8 Å². The average molecular weight is 289 g/mol. The van der Waals surface area contributed by atoms with E-state index in [-0.39, 0.29) is 12.4 Å². The first-order valence-electron chi connectivity index (χ1n) is 7.65. The number of amides is 1. The van der Waals surface area contributed by atoms with Crippen LogP contribution in [0.5, 0.6) is 0 Å². The van der Waals surface area contributed by atoms with Gasteiger partial charge < -0.3 is 10.2 Å². The van der Waals surface area contributed by atoms with Crippen LogP contribution < -0.4 is 5.32 Å². The van der Waals surface area contributed by atoms with Crippen LogP contribution in [0.1, 0.15) is 51.9 Å². The number of hydrogen-bond donors (Lipinski definition) is 1. The summed E-state index contributed by atoms with van der Waals surface area (Å²) in [6, 6.07) is 0.526. The summed E-state index contributed by atoms with van der Waals surface area (Å²) in [5, 5.41) is 3.40. The van der Waals surface area contributed by atoms with Gasteiger partial charge in [-0.25, -0.2) is 0 Å². The lowest BCUT2D eigenvalue weighted by Crippen LogP contribution is -2.38. The van der Waals surface area contributed by atoms with Crippen molar-refractivity contribution in [2.75, 3.05) is 20.1 Å². The second-order valence-electron chi connectivity index (χ2n) is 6.21.